The second-order valence-corrected chi connectivity index (χ2v) is 11.1. The molecule has 1 aliphatic rings. The van der Waals surface area contributed by atoms with Crippen LogP contribution in [0.5, 0.6) is 0 Å². The van der Waals surface area contributed by atoms with Crippen molar-refractivity contribution in [2.45, 2.75) is 24.5 Å². The predicted molar refractivity (Wildman–Crippen MR) is 116 cm³/mol. The summed E-state index contributed by atoms with van der Waals surface area (Å²) in [6, 6.07) is 4.63. The van der Waals surface area contributed by atoms with Crippen LogP contribution in [-0.4, -0.2) is 40.6 Å². The summed E-state index contributed by atoms with van der Waals surface area (Å²) < 4.78 is 0.472. The van der Waals surface area contributed by atoms with Crippen LogP contribution in [0.3, 0.4) is 0 Å². The van der Waals surface area contributed by atoms with E-state index < -0.39 is 0 Å². The van der Waals surface area contributed by atoms with E-state index in [9.17, 15) is 4.79 Å². The molecule has 1 aliphatic heterocycles. The number of thioether (sulfide) groups is 6. The fourth-order valence-electron chi connectivity index (χ4n) is 2.19. The second kappa shape index (κ2) is 10.0. The summed E-state index contributed by atoms with van der Waals surface area (Å²) in [6.07, 6.45) is 7.86. The van der Waals surface area contributed by atoms with Gasteiger partial charge in [0.2, 0.25) is 5.12 Å². The van der Waals surface area contributed by atoms with Gasteiger partial charge in [0.05, 0.1) is 4.58 Å². The molecule has 1 fully saturated rings. The molecule has 0 radical (unpaired) electrons. The molecule has 23 heavy (non-hydrogen) atoms. The molecule has 1 nitrogen and oxygen atoms in total. The first-order valence-electron chi connectivity index (χ1n) is 6.99. The minimum atomic E-state index is 0.0815. The topological polar surface area (TPSA) is 17.1 Å². The number of carbonyl (C=O) groups is 1. The molecule has 0 bridgehead atoms. The van der Waals surface area contributed by atoms with Crippen molar-refractivity contribution in [2.75, 3.05) is 30.3 Å². The molecule has 2 unspecified atom stereocenters. The molecule has 1 aromatic rings. The Labute approximate surface area is 164 Å². The summed E-state index contributed by atoms with van der Waals surface area (Å²) in [5.41, 5.74) is 1.47. The smallest absolute Gasteiger partial charge is 0.211 e. The minimum Gasteiger partial charge on any atom is -0.282 e. The molecular formula is C16H20OS6. The Balaban J connectivity index is 2.15. The number of carbonyl (C=O) groups excluding carboxylic acids is 1. The Morgan fingerprint density at radius 2 is 1.91 bits per heavy atom. The summed E-state index contributed by atoms with van der Waals surface area (Å²) in [5.74, 6) is 1.99. The van der Waals surface area contributed by atoms with Gasteiger partial charge in [0.1, 0.15) is 0 Å². The van der Waals surface area contributed by atoms with Gasteiger partial charge in [-0.05, 0) is 37.0 Å². The molecule has 1 saturated heterocycles. The van der Waals surface area contributed by atoms with Crippen LogP contribution in [0.2, 0.25) is 0 Å². The van der Waals surface area contributed by atoms with Crippen LogP contribution in [0.15, 0.2) is 39.5 Å². The maximum absolute atomic E-state index is 11.4. The van der Waals surface area contributed by atoms with Gasteiger partial charge in [-0.2, -0.15) is 0 Å². The number of benzene rings is 1. The van der Waals surface area contributed by atoms with E-state index in [1.54, 1.807) is 11.8 Å². The maximum Gasteiger partial charge on any atom is 0.211 e. The average Bonchev–Trinajstić information content (AvgIpc) is 3.06. The van der Waals surface area contributed by atoms with Crippen LogP contribution < -0.4 is 0 Å². The molecule has 2 rings (SSSR count). The van der Waals surface area contributed by atoms with E-state index in [-0.39, 0.29) is 5.12 Å². The van der Waals surface area contributed by atoms with Crippen LogP contribution in [0.25, 0.3) is 0 Å². The third-order valence-corrected chi connectivity index (χ3v) is 10.1. The second-order valence-electron chi connectivity index (χ2n) is 4.70. The molecular weight excluding hydrogens is 401 g/mol. The normalized spacial score (nSPS) is 20.7. The first-order chi connectivity index (χ1) is 11.1. The zero-order valence-electron chi connectivity index (χ0n) is 13.4. The molecule has 0 amide bonds. The zero-order valence-corrected chi connectivity index (χ0v) is 18.3. The van der Waals surface area contributed by atoms with Crippen LogP contribution in [-0.2, 0) is 4.79 Å². The van der Waals surface area contributed by atoms with Gasteiger partial charge < -0.3 is 0 Å². The van der Waals surface area contributed by atoms with Crippen LogP contribution in [0.1, 0.15) is 10.1 Å². The maximum atomic E-state index is 11.4. The van der Waals surface area contributed by atoms with Crippen molar-refractivity contribution in [1.82, 2.24) is 0 Å². The van der Waals surface area contributed by atoms with E-state index in [2.05, 4.69) is 37.5 Å². The summed E-state index contributed by atoms with van der Waals surface area (Å²) in [5, 5.41) is 0.613. The molecule has 1 heterocycles. The SMILES string of the molecule is C=CC(=O)SCC1CSC(c2c(SC)cc(SC)cc2SC)S1. The van der Waals surface area contributed by atoms with Gasteiger partial charge in [-0.25, -0.2) is 0 Å². The Hall–Kier alpha value is 0.730. The highest BCUT2D eigenvalue weighted by molar-refractivity contribution is 8.21. The first kappa shape index (κ1) is 20.0. The van der Waals surface area contributed by atoms with E-state index in [0.29, 0.717) is 9.83 Å². The Morgan fingerprint density at radius 3 is 2.43 bits per heavy atom. The fourth-order valence-corrected chi connectivity index (χ4v) is 9.05. The van der Waals surface area contributed by atoms with Crippen LogP contribution in [0, 0.1) is 0 Å². The summed E-state index contributed by atoms with van der Waals surface area (Å²) in [6.45, 7) is 3.54. The Morgan fingerprint density at radius 1 is 1.26 bits per heavy atom. The fraction of sp³-hybridized carbons (Fsp3) is 0.438. The van der Waals surface area contributed by atoms with E-state index in [1.165, 1.54) is 38.1 Å². The van der Waals surface area contributed by atoms with Gasteiger partial charge in [0.15, 0.2) is 0 Å². The van der Waals surface area contributed by atoms with E-state index in [0.717, 1.165) is 11.5 Å². The van der Waals surface area contributed by atoms with Crippen molar-refractivity contribution in [3.8, 4) is 0 Å². The summed E-state index contributed by atoms with van der Waals surface area (Å²) >= 11 is 10.9. The summed E-state index contributed by atoms with van der Waals surface area (Å²) in [4.78, 5) is 15.5. The van der Waals surface area contributed by atoms with Gasteiger partial charge in [0, 0.05) is 37.0 Å². The third kappa shape index (κ3) is 5.35. The lowest BCUT2D eigenvalue weighted by atomic mass is 10.2. The van der Waals surface area contributed by atoms with E-state index in [1.807, 2.05) is 47.0 Å². The molecule has 1 aromatic carbocycles. The molecule has 2 atom stereocenters. The lowest BCUT2D eigenvalue weighted by Gasteiger charge is -2.19. The van der Waals surface area contributed by atoms with Crippen molar-refractivity contribution in [3.05, 3.63) is 30.4 Å². The monoisotopic (exact) mass is 420 g/mol. The number of hydrogen-bond acceptors (Lipinski definition) is 7. The molecule has 7 heteroatoms. The van der Waals surface area contributed by atoms with Crippen molar-refractivity contribution in [1.29, 1.82) is 0 Å². The average molecular weight is 421 g/mol. The molecule has 0 spiro atoms. The summed E-state index contributed by atoms with van der Waals surface area (Å²) in [7, 11) is 0. The quantitative estimate of drug-likeness (QED) is 0.384. The van der Waals surface area contributed by atoms with Crippen molar-refractivity contribution >= 4 is 75.7 Å². The minimum absolute atomic E-state index is 0.0815. The molecule has 126 valence electrons. The third-order valence-electron chi connectivity index (χ3n) is 3.32. The van der Waals surface area contributed by atoms with Crippen molar-refractivity contribution < 1.29 is 4.79 Å². The highest BCUT2D eigenvalue weighted by Gasteiger charge is 2.31. The largest absolute Gasteiger partial charge is 0.282 e. The highest BCUT2D eigenvalue weighted by atomic mass is 32.2. The zero-order chi connectivity index (χ0) is 16.8. The van der Waals surface area contributed by atoms with Crippen molar-refractivity contribution in [3.63, 3.8) is 0 Å². The van der Waals surface area contributed by atoms with Gasteiger partial charge in [-0.15, -0.1) is 58.8 Å². The predicted octanol–water partition coefficient (Wildman–Crippen LogP) is 6.15. The van der Waals surface area contributed by atoms with Gasteiger partial charge in [-0.1, -0.05) is 18.3 Å². The van der Waals surface area contributed by atoms with E-state index in [4.69, 9.17) is 0 Å². The number of rotatable bonds is 7. The number of hydrogen-bond donors (Lipinski definition) is 0. The van der Waals surface area contributed by atoms with Crippen LogP contribution in [0.4, 0.5) is 0 Å². The lowest BCUT2D eigenvalue weighted by molar-refractivity contribution is -0.107. The van der Waals surface area contributed by atoms with E-state index >= 15 is 0 Å². The lowest BCUT2D eigenvalue weighted by Crippen LogP contribution is -2.06. The standard InChI is InChI=1S/C16H20OS6/c1-5-14(17)21-8-11-9-22-16(23-11)15-12(19-3)6-10(18-2)7-13(15)20-4/h5-7,11,16H,1,8-9H2,2-4H3. The van der Waals surface area contributed by atoms with Gasteiger partial charge in [-0.3, -0.25) is 4.79 Å². The molecule has 0 saturated carbocycles. The highest BCUT2D eigenvalue weighted by Crippen LogP contribution is 2.54. The Kier molecular flexibility index (Phi) is 8.73. The van der Waals surface area contributed by atoms with Gasteiger partial charge in [0.25, 0.3) is 0 Å². The van der Waals surface area contributed by atoms with Crippen LogP contribution >= 0.6 is 70.6 Å². The van der Waals surface area contributed by atoms with Crippen molar-refractivity contribution in [2.24, 2.45) is 0 Å². The first-order valence-corrected chi connectivity index (χ1v) is 13.6. The molecule has 0 aliphatic carbocycles. The molecule has 0 N–H and O–H groups in total. The van der Waals surface area contributed by atoms with Gasteiger partial charge >= 0.3 is 0 Å². The molecule has 0 aromatic heterocycles. The Bertz CT molecular complexity index is 549.